The molecule has 12 nitrogen and oxygen atoms in total. The van der Waals surface area contributed by atoms with Crippen LogP contribution in [0.4, 0.5) is 4.39 Å². The van der Waals surface area contributed by atoms with Gasteiger partial charge in [-0.25, -0.2) is 13.8 Å². The summed E-state index contributed by atoms with van der Waals surface area (Å²) in [6, 6.07) is -0.127. The van der Waals surface area contributed by atoms with Gasteiger partial charge in [0.2, 0.25) is 0 Å². The molecular weight excluding hydrogens is 445 g/mol. The lowest BCUT2D eigenvalue weighted by Crippen LogP contribution is -2.46. The van der Waals surface area contributed by atoms with Crippen LogP contribution >= 0.6 is 0 Å². The Morgan fingerprint density at radius 1 is 1.24 bits per heavy atom. The normalized spacial score (nSPS) is 25.9. The van der Waals surface area contributed by atoms with Crippen LogP contribution in [0.5, 0.6) is 0 Å². The highest BCUT2D eigenvalue weighted by molar-refractivity contribution is 5.75. The van der Waals surface area contributed by atoms with Crippen molar-refractivity contribution in [3.8, 4) is 0 Å². The van der Waals surface area contributed by atoms with Crippen molar-refractivity contribution < 1.29 is 38.4 Å². The van der Waals surface area contributed by atoms with Gasteiger partial charge in [0.1, 0.15) is 18.2 Å². The van der Waals surface area contributed by atoms with Gasteiger partial charge < -0.3 is 30.2 Å². The van der Waals surface area contributed by atoms with E-state index >= 15 is 4.39 Å². The molecule has 1 aliphatic heterocycles. The molecule has 0 unspecified atom stereocenters. The maximum absolute atomic E-state index is 15.2. The Kier molecular flexibility index (Phi) is 8.52. The zero-order valence-corrected chi connectivity index (χ0v) is 18.8. The molecule has 33 heavy (non-hydrogen) atoms. The number of esters is 2. The van der Waals surface area contributed by atoms with Crippen molar-refractivity contribution in [2.75, 3.05) is 6.61 Å². The van der Waals surface area contributed by atoms with Crippen molar-refractivity contribution in [1.82, 2.24) is 9.13 Å². The fourth-order valence-electron chi connectivity index (χ4n) is 3.00. The molecule has 13 heteroatoms. The Hall–Kier alpha value is -2.61. The number of nitrogens with two attached hydrogens (primary N) is 1. The second kappa shape index (κ2) is 10.5. The van der Waals surface area contributed by atoms with E-state index in [4.69, 9.17) is 19.9 Å². The van der Waals surface area contributed by atoms with Crippen molar-refractivity contribution >= 4 is 11.9 Å². The van der Waals surface area contributed by atoms with Gasteiger partial charge in [-0.3, -0.25) is 19.0 Å². The molecule has 0 aliphatic carbocycles. The number of rotatable bonds is 9. The monoisotopic (exact) mass is 475 g/mol. The van der Waals surface area contributed by atoms with Crippen molar-refractivity contribution in [2.45, 2.75) is 71.2 Å². The molecule has 0 aromatic carbocycles. The average Bonchev–Trinajstić information content (AvgIpc) is 2.95. The van der Waals surface area contributed by atoms with E-state index in [1.165, 1.54) is 0 Å². The van der Waals surface area contributed by atoms with Crippen LogP contribution in [0, 0.1) is 11.8 Å². The smallest absolute Gasteiger partial charge is 0.335 e. The standard InChI is InChI=1S/C20H30FN3O9/c1-10(2)7-13(26)32-9-24-12(25)5-6-23(19(24)30)17-15(27)16(28)20(21,33-17)8-31-18(29)14(22)11(3)4/h5-6,10-11,14-17,27-28H,7-9,22H2,1-4H3/t14-,15+,16-,17+,20+/m0/s1. The van der Waals surface area contributed by atoms with E-state index in [1.54, 1.807) is 27.7 Å². The summed E-state index contributed by atoms with van der Waals surface area (Å²) in [6.07, 6.45) is -4.92. The molecule has 1 aromatic heterocycles. The first-order chi connectivity index (χ1) is 15.3. The molecule has 0 bridgehead atoms. The van der Waals surface area contributed by atoms with Gasteiger partial charge in [0.15, 0.2) is 19.6 Å². The van der Waals surface area contributed by atoms with Crippen molar-refractivity contribution in [1.29, 1.82) is 0 Å². The SMILES string of the molecule is CC(C)CC(=O)OCn1c(=O)ccn([C@@H]2O[C@](F)(COC(=O)[C@@H](N)C(C)C)[C@@H](O)[C@H]2O)c1=O. The summed E-state index contributed by atoms with van der Waals surface area (Å²) >= 11 is 0. The minimum absolute atomic E-state index is 0.00737. The predicted molar refractivity (Wildman–Crippen MR) is 110 cm³/mol. The number of hydrogen-bond donors (Lipinski definition) is 3. The Labute approximate surface area is 188 Å². The van der Waals surface area contributed by atoms with E-state index in [-0.39, 0.29) is 18.3 Å². The van der Waals surface area contributed by atoms with Gasteiger partial charge in [-0.15, -0.1) is 0 Å². The summed E-state index contributed by atoms with van der Waals surface area (Å²) < 4.78 is 31.2. The molecule has 0 saturated carbocycles. The van der Waals surface area contributed by atoms with E-state index in [0.29, 0.717) is 9.13 Å². The van der Waals surface area contributed by atoms with Gasteiger partial charge in [0.05, 0.1) is 0 Å². The summed E-state index contributed by atoms with van der Waals surface area (Å²) in [6.45, 7) is 5.07. The molecular formula is C20H30FN3O9. The van der Waals surface area contributed by atoms with Gasteiger partial charge in [-0.05, 0) is 11.8 Å². The van der Waals surface area contributed by atoms with Gasteiger partial charge in [0.25, 0.3) is 11.4 Å². The molecule has 0 amide bonds. The number of aromatic nitrogens is 2. The summed E-state index contributed by atoms with van der Waals surface area (Å²) in [4.78, 5) is 48.5. The lowest BCUT2D eigenvalue weighted by molar-refractivity contribution is -0.217. The van der Waals surface area contributed by atoms with E-state index in [0.717, 1.165) is 12.3 Å². The lowest BCUT2D eigenvalue weighted by Gasteiger charge is -2.24. The fourth-order valence-corrected chi connectivity index (χ4v) is 3.00. The lowest BCUT2D eigenvalue weighted by atomic mass is 10.1. The van der Waals surface area contributed by atoms with Crippen molar-refractivity contribution in [3.05, 3.63) is 33.1 Å². The first-order valence-corrected chi connectivity index (χ1v) is 10.4. The van der Waals surface area contributed by atoms with E-state index < -0.39 is 66.9 Å². The third-order valence-corrected chi connectivity index (χ3v) is 5.07. The number of aliphatic hydroxyl groups excluding tert-OH is 2. The number of hydrogen-bond acceptors (Lipinski definition) is 10. The van der Waals surface area contributed by atoms with Gasteiger partial charge in [-0.2, -0.15) is 0 Å². The summed E-state index contributed by atoms with van der Waals surface area (Å²) in [5.74, 6) is -4.93. The number of alkyl halides is 1. The molecule has 1 fully saturated rings. The van der Waals surface area contributed by atoms with Gasteiger partial charge in [-0.1, -0.05) is 27.7 Å². The van der Waals surface area contributed by atoms with Crippen LogP contribution in [0.1, 0.15) is 40.3 Å². The average molecular weight is 475 g/mol. The van der Waals surface area contributed by atoms with Crippen LogP contribution in [0.3, 0.4) is 0 Å². The number of halogens is 1. The minimum atomic E-state index is -3.05. The van der Waals surface area contributed by atoms with Crippen LogP contribution in [0.2, 0.25) is 0 Å². The van der Waals surface area contributed by atoms with Crippen LogP contribution < -0.4 is 17.0 Å². The number of carbonyl (C=O) groups is 2. The number of nitrogens with zero attached hydrogens (tertiary/aromatic N) is 2. The van der Waals surface area contributed by atoms with Crippen molar-refractivity contribution in [2.24, 2.45) is 17.6 Å². The summed E-state index contributed by atoms with van der Waals surface area (Å²) in [5, 5.41) is 20.5. The molecule has 0 spiro atoms. The topological polar surface area (TPSA) is 172 Å². The van der Waals surface area contributed by atoms with Crippen LogP contribution in [-0.2, 0) is 30.5 Å². The van der Waals surface area contributed by atoms with Crippen LogP contribution in [0.15, 0.2) is 21.9 Å². The van der Waals surface area contributed by atoms with E-state index in [2.05, 4.69) is 0 Å². The highest BCUT2D eigenvalue weighted by atomic mass is 19.2. The Balaban J connectivity index is 2.21. The number of ether oxygens (including phenoxy) is 3. The largest absolute Gasteiger partial charge is 0.458 e. The minimum Gasteiger partial charge on any atom is -0.458 e. The molecule has 1 aliphatic rings. The fraction of sp³-hybridized carbons (Fsp3) is 0.700. The second-order valence-electron chi connectivity index (χ2n) is 8.62. The first kappa shape index (κ1) is 26.6. The summed E-state index contributed by atoms with van der Waals surface area (Å²) in [7, 11) is 0. The Morgan fingerprint density at radius 3 is 2.45 bits per heavy atom. The third kappa shape index (κ3) is 6.05. The molecule has 4 N–H and O–H groups in total. The van der Waals surface area contributed by atoms with Gasteiger partial charge in [0, 0.05) is 18.7 Å². The highest BCUT2D eigenvalue weighted by Crippen LogP contribution is 2.38. The summed E-state index contributed by atoms with van der Waals surface area (Å²) in [5.41, 5.74) is 3.73. The second-order valence-corrected chi connectivity index (χ2v) is 8.62. The predicted octanol–water partition coefficient (Wildman–Crippen LogP) is -1.00. The Bertz CT molecular complexity index is 976. The van der Waals surface area contributed by atoms with Crippen molar-refractivity contribution in [3.63, 3.8) is 0 Å². The first-order valence-electron chi connectivity index (χ1n) is 10.4. The molecule has 0 radical (unpaired) electrons. The quantitative estimate of drug-likeness (QED) is 0.376. The zero-order valence-electron chi connectivity index (χ0n) is 18.8. The molecule has 2 heterocycles. The van der Waals surface area contributed by atoms with E-state index in [9.17, 15) is 29.4 Å². The zero-order chi connectivity index (χ0) is 25.1. The Morgan fingerprint density at radius 2 is 1.88 bits per heavy atom. The number of aliphatic hydroxyl groups is 2. The van der Waals surface area contributed by atoms with Crippen LogP contribution in [-0.4, -0.2) is 62.0 Å². The molecule has 186 valence electrons. The molecule has 1 saturated heterocycles. The van der Waals surface area contributed by atoms with E-state index in [1.807, 2.05) is 0 Å². The molecule has 5 atom stereocenters. The number of carbonyl (C=O) groups excluding carboxylic acids is 2. The van der Waals surface area contributed by atoms with Gasteiger partial charge >= 0.3 is 17.6 Å². The van der Waals surface area contributed by atoms with Crippen LogP contribution in [0.25, 0.3) is 0 Å². The highest BCUT2D eigenvalue weighted by Gasteiger charge is 2.57. The molecule has 1 aromatic rings. The third-order valence-electron chi connectivity index (χ3n) is 5.07. The maximum atomic E-state index is 15.2. The maximum Gasteiger partial charge on any atom is 0.335 e. The molecule has 2 rings (SSSR count).